The second-order valence-electron chi connectivity index (χ2n) is 6.98. The molecule has 1 fully saturated rings. The molecule has 0 spiro atoms. The summed E-state index contributed by atoms with van der Waals surface area (Å²) in [4.78, 5) is 25.8. The summed E-state index contributed by atoms with van der Waals surface area (Å²) >= 11 is 3.36. The Morgan fingerprint density at radius 3 is 2.45 bits per heavy atom. The van der Waals surface area contributed by atoms with Gasteiger partial charge in [0.05, 0.1) is 6.10 Å². The van der Waals surface area contributed by atoms with Crippen LogP contribution < -0.4 is 5.32 Å². The van der Waals surface area contributed by atoms with Crippen molar-refractivity contribution < 1.29 is 19.4 Å². The third kappa shape index (κ3) is 5.43. The number of rotatable bonds is 3. The van der Waals surface area contributed by atoms with Crippen LogP contribution in [0, 0.1) is 5.92 Å². The Bertz CT molecular complexity index is 409. The van der Waals surface area contributed by atoms with Crippen LogP contribution in [-0.2, 0) is 9.53 Å². The van der Waals surface area contributed by atoms with E-state index in [1.54, 1.807) is 25.7 Å². The van der Waals surface area contributed by atoms with Crippen molar-refractivity contribution in [2.24, 2.45) is 5.92 Å². The fourth-order valence-corrected chi connectivity index (χ4v) is 2.97. The maximum Gasteiger partial charge on any atom is 0.408 e. The van der Waals surface area contributed by atoms with E-state index in [-0.39, 0.29) is 11.8 Å². The van der Waals surface area contributed by atoms with Crippen molar-refractivity contribution in [2.75, 3.05) is 6.54 Å². The lowest BCUT2D eigenvalue weighted by molar-refractivity contribution is -0.138. The number of alkyl halides is 1. The van der Waals surface area contributed by atoms with Crippen molar-refractivity contribution in [1.29, 1.82) is 0 Å². The predicted molar refractivity (Wildman–Crippen MR) is 87.7 cm³/mol. The molecule has 1 heterocycles. The largest absolute Gasteiger partial charge is 0.444 e. The standard InChI is InChI=1S/C15H27BrN2O4/c1-9(2)11(17-14(21)22-15(3,4)5)13(20)18-8-6-7-10(19)12(18)16/h9-12,19H,6-8H2,1-5H3,(H,17,21)/t10-,11-,12+/m1/s1. The molecule has 0 unspecified atom stereocenters. The van der Waals surface area contributed by atoms with Crippen LogP contribution in [0.2, 0.25) is 0 Å². The Morgan fingerprint density at radius 1 is 1.36 bits per heavy atom. The highest BCUT2D eigenvalue weighted by Crippen LogP contribution is 2.24. The number of hydrogen-bond donors (Lipinski definition) is 2. The van der Waals surface area contributed by atoms with Crippen molar-refractivity contribution in [3.05, 3.63) is 0 Å². The Hall–Kier alpha value is -0.820. The van der Waals surface area contributed by atoms with Crippen LogP contribution in [0.4, 0.5) is 4.79 Å². The molecule has 0 aromatic heterocycles. The van der Waals surface area contributed by atoms with Gasteiger partial charge in [-0.25, -0.2) is 4.79 Å². The van der Waals surface area contributed by atoms with Crippen LogP contribution in [-0.4, -0.2) is 51.2 Å². The Balaban J connectivity index is 2.78. The predicted octanol–water partition coefficient (Wildman–Crippen LogP) is 2.24. The Morgan fingerprint density at radius 2 is 1.95 bits per heavy atom. The lowest BCUT2D eigenvalue weighted by Crippen LogP contribution is -2.57. The molecule has 0 aliphatic carbocycles. The van der Waals surface area contributed by atoms with E-state index in [0.717, 1.165) is 6.42 Å². The molecule has 0 aromatic carbocycles. The maximum absolute atomic E-state index is 12.7. The molecule has 0 bridgehead atoms. The molecular weight excluding hydrogens is 352 g/mol. The number of nitrogens with one attached hydrogen (secondary N) is 1. The molecule has 128 valence electrons. The number of ether oxygens (including phenoxy) is 1. The average Bonchev–Trinajstić information content (AvgIpc) is 2.36. The Labute approximate surface area is 140 Å². The number of halogens is 1. The fraction of sp³-hybridized carbons (Fsp3) is 0.867. The summed E-state index contributed by atoms with van der Waals surface area (Å²) in [5.41, 5.74) is -0.617. The van der Waals surface area contributed by atoms with Gasteiger partial charge in [0.25, 0.3) is 0 Å². The number of carbonyl (C=O) groups is 2. The van der Waals surface area contributed by atoms with E-state index in [0.29, 0.717) is 13.0 Å². The lowest BCUT2D eigenvalue weighted by Gasteiger charge is -2.38. The van der Waals surface area contributed by atoms with Gasteiger partial charge in [-0.3, -0.25) is 4.79 Å². The molecule has 3 atom stereocenters. The molecule has 1 saturated heterocycles. The molecule has 6 nitrogen and oxygen atoms in total. The van der Waals surface area contributed by atoms with Gasteiger partial charge in [0.2, 0.25) is 5.91 Å². The fourth-order valence-electron chi connectivity index (χ4n) is 2.30. The minimum absolute atomic E-state index is 0.0845. The van der Waals surface area contributed by atoms with E-state index in [9.17, 15) is 14.7 Å². The number of amides is 2. The van der Waals surface area contributed by atoms with Gasteiger partial charge in [-0.05, 0) is 39.5 Å². The first kappa shape index (κ1) is 19.2. The highest BCUT2D eigenvalue weighted by Gasteiger charge is 2.37. The van der Waals surface area contributed by atoms with Crippen molar-refractivity contribution in [1.82, 2.24) is 10.2 Å². The molecule has 1 rings (SSSR count). The summed E-state index contributed by atoms with van der Waals surface area (Å²) in [6.07, 6.45) is 0.202. The molecule has 1 aliphatic heterocycles. The van der Waals surface area contributed by atoms with Gasteiger partial charge in [-0.1, -0.05) is 29.8 Å². The topological polar surface area (TPSA) is 78.9 Å². The van der Waals surface area contributed by atoms with Gasteiger partial charge in [-0.15, -0.1) is 0 Å². The molecule has 0 radical (unpaired) electrons. The first-order valence-corrected chi connectivity index (χ1v) is 8.56. The molecule has 0 aromatic rings. The van der Waals surface area contributed by atoms with Gasteiger partial charge in [0.1, 0.15) is 16.6 Å². The molecule has 0 saturated carbocycles. The quantitative estimate of drug-likeness (QED) is 0.582. The summed E-state index contributed by atoms with van der Waals surface area (Å²) in [6, 6.07) is -0.680. The summed E-state index contributed by atoms with van der Waals surface area (Å²) in [6.45, 7) is 9.61. The normalized spacial score (nSPS) is 24.1. The van der Waals surface area contributed by atoms with E-state index in [1.165, 1.54) is 0 Å². The van der Waals surface area contributed by atoms with Gasteiger partial charge < -0.3 is 20.1 Å². The van der Waals surface area contributed by atoms with Gasteiger partial charge in [0.15, 0.2) is 0 Å². The van der Waals surface area contributed by atoms with Crippen LogP contribution in [0.15, 0.2) is 0 Å². The lowest BCUT2D eigenvalue weighted by atomic mass is 10.0. The molecule has 1 aliphatic rings. The zero-order valence-electron chi connectivity index (χ0n) is 13.9. The number of carbonyl (C=O) groups excluding carboxylic acids is 2. The zero-order valence-corrected chi connectivity index (χ0v) is 15.5. The van der Waals surface area contributed by atoms with Crippen molar-refractivity contribution in [3.8, 4) is 0 Å². The number of aliphatic hydroxyl groups is 1. The highest BCUT2D eigenvalue weighted by molar-refractivity contribution is 9.09. The SMILES string of the molecule is CC(C)[C@@H](NC(=O)OC(C)(C)C)C(=O)N1CCC[C@@H](O)[C@H]1Br. The van der Waals surface area contributed by atoms with E-state index in [4.69, 9.17) is 4.74 Å². The maximum atomic E-state index is 12.7. The van der Waals surface area contributed by atoms with Crippen molar-refractivity contribution in [2.45, 2.75) is 70.2 Å². The number of nitrogens with zero attached hydrogens (tertiary/aromatic N) is 1. The molecule has 2 amide bonds. The second kappa shape index (κ2) is 7.64. The Kier molecular flexibility index (Phi) is 6.67. The first-order chi connectivity index (χ1) is 10.0. The van der Waals surface area contributed by atoms with Gasteiger partial charge >= 0.3 is 6.09 Å². The van der Waals surface area contributed by atoms with Crippen LogP contribution in [0.1, 0.15) is 47.5 Å². The van der Waals surface area contributed by atoms with E-state index >= 15 is 0 Å². The monoisotopic (exact) mass is 378 g/mol. The zero-order chi connectivity index (χ0) is 17.1. The van der Waals surface area contributed by atoms with Crippen LogP contribution in [0.5, 0.6) is 0 Å². The number of alkyl carbamates (subject to hydrolysis) is 1. The molecule has 22 heavy (non-hydrogen) atoms. The highest BCUT2D eigenvalue weighted by atomic mass is 79.9. The first-order valence-electron chi connectivity index (χ1n) is 7.65. The molecule has 7 heteroatoms. The smallest absolute Gasteiger partial charge is 0.408 e. The van der Waals surface area contributed by atoms with Crippen LogP contribution >= 0.6 is 15.9 Å². The summed E-state index contributed by atoms with van der Waals surface area (Å²) in [5, 5.41) is 12.5. The average molecular weight is 379 g/mol. The minimum atomic E-state index is -0.680. The molecule has 2 N–H and O–H groups in total. The summed E-state index contributed by atoms with van der Waals surface area (Å²) in [7, 11) is 0. The van der Waals surface area contributed by atoms with E-state index in [2.05, 4.69) is 21.2 Å². The van der Waals surface area contributed by atoms with E-state index < -0.39 is 28.8 Å². The third-order valence-electron chi connectivity index (χ3n) is 3.40. The van der Waals surface area contributed by atoms with Crippen molar-refractivity contribution >= 4 is 27.9 Å². The minimum Gasteiger partial charge on any atom is -0.444 e. The summed E-state index contributed by atoms with van der Waals surface area (Å²) in [5.74, 6) is -0.291. The van der Waals surface area contributed by atoms with E-state index in [1.807, 2.05) is 13.8 Å². The van der Waals surface area contributed by atoms with Crippen LogP contribution in [0.3, 0.4) is 0 Å². The third-order valence-corrected chi connectivity index (χ3v) is 4.51. The van der Waals surface area contributed by atoms with Crippen LogP contribution in [0.25, 0.3) is 0 Å². The van der Waals surface area contributed by atoms with Gasteiger partial charge in [-0.2, -0.15) is 0 Å². The molecular formula is C15H27BrN2O4. The van der Waals surface area contributed by atoms with Gasteiger partial charge in [0, 0.05) is 6.54 Å². The number of aliphatic hydroxyl groups excluding tert-OH is 1. The van der Waals surface area contributed by atoms with Crippen molar-refractivity contribution in [3.63, 3.8) is 0 Å². The number of likely N-dealkylation sites (tertiary alicyclic amines) is 1. The number of hydrogen-bond acceptors (Lipinski definition) is 4. The summed E-state index contributed by atoms with van der Waals surface area (Å²) < 4.78 is 5.22. The second-order valence-corrected chi connectivity index (χ2v) is 7.92. The number of piperidine rings is 1.